The molecule has 45 heavy (non-hydrogen) atoms. The van der Waals surface area contributed by atoms with Gasteiger partial charge in [-0.2, -0.15) is 0 Å². The summed E-state index contributed by atoms with van der Waals surface area (Å²) >= 11 is 0. The van der Waals surface area contributed by atoms with Crippen LogP contribution in [0, 0.1) is 0 Å². The number of hydrogen-bond donors (Lipinski definition) is 0. The van der Waals surface area contributed by atoms with Crippen LogP contribution >= 0.6 is 0 Å². The van der Waals surface area contributed by atoms with Crippen molar-refractivity contribution in [1.82, 2.24) is 15.0 Å². The molecule has 6 aromatic carbocycles. The minimum Gasteiger partial charge on any atom is -0.208 e. The lowest BCUT2D eigenvalue weighted by molar-refractivity contribution is 0.660. The zero-order valence-corrected chi connectivity index (χ0v) is 25.3. The number of benzene rings is 6. The van der Waals surface area contributed by atoms with Gasteiger partial charge in [0.25, 0.3) is 0 Å². The van der Waals surface area contributed by atoms with Crippen LogP contribution in [-0.4, -0.2) is 15.0 Å². The first kappa shape index (κ1) is 26.9. The molecule has 1 heterocycles. The summed E-state index contributed by atoms with van der Waals surface area (Å²) in [5.41, 5.74) is 12.5. The van der Waals surface area contributed by atoms with Crippen LogP contribution in [0.15, 0.2) is 152 Å². The number of nitrogens with zero attached hydrogens (tertiary/aromatic N) is 3. The monoisotopic (exact) mass is 577 g/mol. The number of fused-ring (bicyclic) bond motifs is 3. The van der Waals surface area contributed by atoms with Crippen molar-refractivity contribution < 1.29 is 0 Å². The fraction of sp³-hybridized carbons (Fsp3) is 0.0714. The second kappa shape index (κ2) is 10.8. The Bertz CT molecular complexity index is 2170. The largest absolute Gasteiger partial charge is 0.208 e. The van der Waals surface area contributed by atoms with E-state index in [1.807, 2.05) is 24.3 Å². The van der Waals surface area contributed by atoms with Crippen LogP contribution in [0.4, 0.5) is 0 Å². The second-order valence-electron chi connectivity index (χ2n) is 12.1. The molecule has 214 valence electrons. The zero-order valence-electron chi connectivity index (χ0n) is 25.3. The normalized spacial score (nSPS) is 12.8. The van der Waals surface area contributed by atoms with Crippen molar-refractivity contribution in [3.05, 3.63) is 163 Å². The van der Waals surface area contributed by atoms with Gasteiger partial charge in [-0.25, -0.2) is 15.0 Å². The third-order valence-electron chi connectivity index (χ3n) is 8.97. The van der Waals surface area contributed by atoms with Crippen molar-refractivity contribution in [2.45, 2.75) is 19.3 Å². The SMILES string of the molecule is CC1(C)c2cc(-c3ccccc3)ccc2-c2c(-c3nc(-c4ccccc4)nc(-c4ccccc4-c4ccccc4)n3)cccc21. The van der Waals surface area contributed by atoms with Gasteiger partial charge in [-0.15, -0.1) is 0 Å². The van der Waals surface area contributed by atoms with Crippen LogP contribution in [0.25, 0.3) is 67.5 Å². The molecule has 0 atom stereocenters. The van der Waals surface area contributed by atoms with E-state index in [1.165, 1.54) is 33.4 Å². The molecule has 0 spiro atoms. The zero-order chi connectivity index (χ0) is 30.4. The third-order valence-corrected chi connectivity index (χ3v) is 8.97. The van der Waals surface area contributed by atoms with Crippen molar-refractivity contribution in [1.29, 1.82) is 0 Å². The van der Waals surface area contributed by atoms with Crippen LogP contribution in [0.2, 0.25) is 0 Å². The number of hydrogen-bond acceptors (Lipinski definition) is 3. The average Bonchev–Trinajstić information content (AvgIpc) is 3.35. The predicted octanol–water partition coefficient (Wildman–Crippen LogP) is 10.5. The second-order valence-corrected chi connectivity index (χ2v) is 12.1. The van der Waals surface area contributed by atoms with Crippen molar-refractivity contribution >= 4 is 0 Å². The Hall–Kier alpha value is -5.67. The van der Waals surface area contributed by atoms with E-state index in [9.17, 15) is 0 Å². The Kier molecular flexibility index (Phi) is 6.46. The average molecular weight is 578 g/mol. The molecule has 0 N–H and O–H groups in total. The summed E-state index contributed by atoms with van der Waals surface area (Å²) in [6.07, 6.45) is 0. The molecule has 0 saturated heterocycles. The molecule has 3 heteroatoms. The number of rotatable bonds is 5. The smallest absolute Gasteiger partial charge is 0.164 e. The highest BCUT2D eigenvalue weighted by atomic mass is 15.0. The van der Waals surface area contributed by atoms with Gasteiger partial charge in [-0.3, -0.25) is 0 Å². The van der Waals surface area contributed by atoms with Gasteiger partial charge in [0.1, 0.15) is 0 Å². The Morgan fingerprint density at radius 3 is 1.58 bits per heavy atom. The minimum atomic E-state index is -0.177. The van der Waals surface area contributed by atoms with E-state index < -0.39 is 0 Å². The highest BCUT2D eigenvalue weighted by Gasteiger charge is 2.37. The van der Waals surface area contributed by atoms with Crippen molar-refractivity contribution in [3.63, 3.8) is 0 Å². The Morgan fingerprint density at radius 2 is 0.889 bits per heavy atom. The van der Waals surface area contributed by atoms with Gasteiger partial charge in [0.15, 0.2) is 17.5 Å². The summed E-state index contributed by atoms with van der Waals surface area (Å²) in [6, 6.07) is 53.0. The Balaban J connectivity index is 1.35. The Morgan fingerprint density at radius 1 is 0.356 bits per heavy atom. The highest BCUT2D eigenvalue weighted by Crippen LogP contribution is 2.52. The maximum Gasteiger partial charge on any atom is 0.164 e. The van der Waals surface area contributed by atoms with Gasteiger partial charge < -0.3 is 0 Å². The minimum absolute atomic E-state index is 0.177. The lowest BCUT2D eigenvalue weighted by Gasteiger charge is -2.22. The molecule has 1 aliphatic rings. The van der Waals surface area contributed by atoms with Gasteiger partial charge >= 0.3 is 0 Å². The first-order chi connectivity index (χ1) is 22.1. The van der Waals surface area contributed by atoms with Crippen molar-refractivity contribution in [2.24, 2.45) is 0 Å². The van der Waals surface area contributed by atoms with Crippen LogP contribution < -0.4 is 0 Å². The topological polar surface area (TPSA) is 38.7 Å². The predicted molar refractivity (Wildman–Crippen MR) is 185 cm³/mol. The first-order valence-electron chi connectivity index (χ1n) is 15.4. The molecule has 8 rings (SSSR count). The molecular formula is C42H31N3. The fourth-order valence-corrected chi connectivity index (χ4v) is 6.66. The molecule has 1 aliphatic carbocycles. The first-order valence-corrected chi connectivity index (χ1v) is 15.4. The van der Waals surface area contributed by atoms with Crippen LogP contribution in [0.5, 0.6) is 0 Å². The van der Waals surface area contributed by atoms with Crippen LogP contribution in [0.3, 0.4) is 0 Å². The van der Waals surface area contributed by atoms with Crippen molar-refractivity contribution in [2.75, 3.05) is 0 Å². The van der Waals surface area contributed by atoms with Gasteiger partial charge in [-0.05, 0) is 50.6 Å². The molecule has 0 saturated carbocycles. The van der Waals surface area contributed by atoms with Crippen molar-refractivity contribution in [3.8, 4) is 67.5 Å². The quantitative estimate of drug-likeness (QED) is 0.204. The molecule has 0 amide bonds. The number of aromatic nitrogens is 3. The van der Waals surface area contributed by atoms with E-state index in [0.717, 1.165) is 27.8 Å². The summed E-state index contributed by atoms with van der Waals surface area (Å²) in [4.78, 5) is 15.4. The molecule has 0 aliphatic heterocycles. The summed E-state index contributed by atoms with van der Waals surface area (Å²) in [7, 11) is 0. The summed E-state index contributed by atoms with van der Waals surface area (Å²) in [6.45, 7) is 4.64. The molecule has 0 fully saturated rings. The summed E-state index contributed by atoms with van der Waals surface area (Å²) in [5, 5.41) is 0. The third kappa shape index (κ3) is 4.65. The molecule has 7 aromatic rings. The molecular weight excluding hydrogens is 546 g/mol. The van der Waals surface area contributed by atoms with E-state index >= 15 is 0 Å². The fourth-order valence-electron chi connectivity index (χ4n) is 6.66. The molecule has 1 aromatic heterocycles. The van der Waals surface area contributed by atoms with Gasteiger partial charge in [0.2, 0.25) is 0 Å². The van der Waals surface area contributed by atoms with E-state index in [4.69, 9.17) is 15.0 Å². The summed E-state index contributed by atoms with van der Waals surface area (Å²) < 4.78 is 0. The van der Waals surface area contributed by atoms with Gasteiger partial charge in [0, 0.05) is 22.1 Å². The maximum absolute atomic E-state index is 5.23. The van der Waals surface area contributed by atoms with E-state index in [2.05, 4.69) is 141 Å². The van der Waals surface area contributed by atoms with Crippen LogP contribution in [-0.2, 0) is 5.41 Å². The van der Waals surface area contributed by atoms with Gasteiger partial charge in [-0.1, -0.05) is 159 Å². The van der Waals surface area contributed by atoms with Crippen LogP contribution in [0.1, 0.15) is 25.0 Å². The van der Waals surface area contributed by atoms with E-state index in [0.29, 0.717) is 17.5 Å². The molecule has 0 radical (unpaired) electrons. The highest BCUT2D eigenvalue weighted by molar-refractivity contribution is 5.93. The molecule has 0 bridgehead atoms. The molecule has 3 nitrogen and oxygen atoms in total. The lowest BCUT2D eigenvalue weighted by atomic mass is 9.81. The summed E-state index contributed by atoms with van der Waals surface area (Å²) in [5.74, 6) is 2.00. The van der Waals surface area contributed by atoms with Gasteiger partial charge in [0.05, 0.1) is 0 Å². The Labute approximate surface area is 264 Å². The standard InChI is InChI=1S/C42H31N3/c1-42(2)36-24-14-23-35(38(36)34-26-25-31(27-37(34)42)28-15-6-3-7-16-28)41-44-39(30-19-10-5-11-20-30)43-40(45-41)33-22-13-12-21-32(33)29-17-8-4-9-18-29/h3-27H,1-2H3. The maximum atomic E-state index is 5.23. The lowest BCUT2D eigenvalue weighted by Crippen LogP contribution is -2.15. The van der Waals surface area contributed by atoms with E-state index in [1.54, 1.807) is 0 Å². The molecule has 0 unspecified atom stereocenters. The van der Waals surface area contributed by atoms with E-state index in [-0.39, 0.29) is 5.41 Å².